The van der Waals surface area contributed by atoms with Crippen molar-refractivity contribution in [1.82, 2.24) is 34.5 Å². The van der Waals surface area contributed by atoms with Gasteiger partial charge in [0, 0.05) is 61.1 Å². The van der Waals surface area contributed by atoms with E-state index in [9.17, 15) is 0 Å². The molecule has 0 radical (unpaired) electrons. The molecule has 16 aromatic rings. The van der Waals surface area contributed by atoms with Gasteiger partial charge in [-0.1, -0.05) is 254 Å². The summed E-state index contributed by atoms with van der Waals surface area (Å²) < 4.78 is 2.40. The first-order valence-electron chi connectivity index (χ1n) is 31.7. The summed E-state index contributed by atoms with van der Waals surface area (Å²) in [6, 6.07) is 116. The third kappa shape index (κ3) is 9.34. The highest BCUT2D eigenvalue weighted by molar-refractivity contribution is 6.98. The largest absolute Gasteiger partial charge is 0.309 e. The summed E-state index contributed by atoms with van der Waals surface area (Å²) in [5, 5.41) is 2.17. The zero-order chi connectivity index (χ0) is 62.1. The molecule has 0 amide bonds. The van der Waals surface area contributed by atoms with Crippen LogP contribution in [0.3, 0.4) is 0 Å². The topological polar surface area (TPSA) is 88.8 Å². The van der Waals surface area contributed by atoms with Gasteiger partial charge in [-0.15, -0.1) is 0 Å². The summed E-state index contributed by atoms with van der Waals surface area (Å²) in [5.74, 6) is 3.59. The van der Waals surface area contributed by atoms with Crippen molar-refractivity contribution in [2.45, 2.75) is 0 Å². The third-order valence-electron chi connectivity index (χ3n) is 18.2. The number of anilines is 6. The van der Waals surface area contributed by atoms with Crippen LogP contribution in [0.1, 0.15) is 0 Å². The molecular formula is C84H54BN9. The highest BCUT2D eigenvalue weighted by Crippen LogP contribution is 2.55. The second-order valence-corrected chi connectivity index (χ2v) is 23.8. The van der Waals surface area contributed by atoms with Gasteiger partial charge in [0.2, 0.25) is 6.71 Å². The molecule has 0 spiro atoms. The molecule has 18 rings (SSSR count). The van der Waals surface area contributed by atoms with Crippen LogP contribution in [0.5, 0.6) is 0 Å². The maximum absolute atomic E-state index is 5.26. The first kappa shape index (κ1) is 54.3. The Hall–Kier alpha value is -12.7. The normalized spacial score (nSPS) is 12.2. The number of para-hydroxylation sites is 5. The standard InChI is InChI=1S/C84H54BN9/c1-7-25-57(26-8-1)79-86-80(58-27-9-2-10-28-58)89-83(88-79)61-47-49-72(93-71-39-21-19-37-66(71)68-52-62(48-50-73(68)93)84-90-81(59-29-11-3-12-30-59)87-82(91-84)60-31-13-4-14-32-60)67(51-61)56-45-43-55(44-46-56)63-53-70-78-77(54-63)92(65-35-17-6-18-36-65)75-41-23-24-42-76(75)94(78)74-40-22-20-38-69(74)85(70)64-33-15-5-16-34-64/h1-54H. The highest BCUT2D eigenvalue weighted by Gasteiger charge is 2.42. The van der Waals surface area contributed by atoms with E-state index in [-0.39, 0.29) is 6.71 Å². The monoisotopic (exact) mass is 1200 g/mol. The van der Waals surface area contributed by atoms with Crippen LogP contribution in [0, 0.1) is 0 Å². The Morgan fingerprint density at radius 2 is 0.660 bits per heavy atom. The van der Waals surface area contributed by atoms with Gasteiger partial charge < -0.3 is 14.4 Å². The molecular weight excluding hydrogens is 1150 g/mol. The van der Waals surface area contributed by atoms with Crippen molar-refractivity contribution in [1.29, 1.82) is 0 Å². The van der Waals surface area contributed by atoms with Crippen molar-refractivity contribution in [3.8, 4) is 96.3 Å². The minimum atomic E-state index is -0.0342. The summed E-state index contributed by atoms with van der Waals surface area (Å²) >= 11 is 0. The van der Waals surface area contributed by atoms with E-state index in [0.29, 0.717) is 34.9 Å². The van der Waals surface area contributed by atoms with Crippen LogP contribution >= 0.6 is 0 Å². The van der Waals surface area contributed by atoms with Crippen LogP contribution in [-0.2, 0) is 0 Å². The average molecular weight is 1200 g/mol. The predicted octanol–water partition coefficient (Wildman–Crippen LogP) is 18.6. The molecule has 10 heteroatoms. The van der Waals surface area contributed by atoms with Gasteiger partial charge in [-0.3, -0.25) is 0 Å². The number of hydrogen-bond acceptors (Lipinski definition) is 8. The van der Waals surface area contributed by atoms with E-state index in [0.717, 1.165) is 106 Å². The Kier molecular flexibility index (Phi) is 13.1. The van der Waals surface area contributed by atoms with Crippen LogP contribution in [-0.4, -0.2) is 41.2 Å². The first-order chi connectivity index (χ1) is 46.6. The van der Waals surface area contributed by atoms with Crippen molar-refractivity contribution >= 4 is 79.0 Å². The third-order valence-corrected chi connectivity index (χ3v) is 18.2. The van der Waals surface area contributed by atoms with Crippen molar-refractivity contribution in [2.24, 2.45) is 0 Å². The molecule has 438 valence electrons. The van der Waals surface area contributed by atoms with Crippen molar-refractivity contribution < 1.29 is 0 Å². The molecule has 0 saturated heterocycles. The molecule has 0 unspecified atom stereocenters. The van der Waals surface area contributed by atoms with Gasteiger partial charge in [-0.25, -0.2) is 29.9 Å². The molecule has 2 aliphatic heterocycles. The molecule has 2 aliphatic rings. The minimum absolute atomic E-state index is 0.0342. The van der Waals surface area contributed by atoms with Gasteiger partial charge in [0.05, 0.1) is 39.5 Å². The first-order valence-corrected chi connectivity index (χ1v) is 31.7. The SMILES string of the molecule is c1ccc(B2c3ccccc3N3c4ccccc4N(c4ccccc4)c4cc(-c5ccc(-c6cc(-c7nc(-c8ccccc8)nc(-c8ccccc8)n7)ccc6-n6c7ccccc7c7cc(-c8nc(-c9ccccc9)nc(-c9ccccc9)n8)ccc76)cc5)cc2c43)cc1. The second-order valence-electron chi connectivity index (χ2n) is 23.8. The molecule has 94 heavy (non-hydrogen) atoms. The molecule has 9 nitrogen and oxygen atoms in total. The van der Waals surface area contributed by atoms with Crippen molar-refractivity contribution in [3.05, 3.63) is 328 Å². The second kappa shape index (κ2) is 22.7. The summed E-state index contributed by atoms with van der Waals surface area (Å²) in [7, 11) is 0. The predicted molar refractivity (Wildman–Crippen MR) is 385 cm³/mol. The summed E-state index contributed by atoms with van der Waals surface area (Å²) in [4.78, 5) is 35.9. The smallest absolute Gasteiger partial charge is 0.246 e. The van der Waals surface area contributed by atoms with E-state index in [1.54, 1.807) is 0 Å². The highest BCUT2D eigenvalue weighted by atomic mass is 15.3. The van der Waals surface area contributed by atoms with Gasteiger partial charge >= 0.3 is 0 Å². The Morgan fingerprint density at radius 1 is 0.234 bits per heavy atom. The lowest BCUT2D eigenvalue weighted by atomic mass is 9.35. The zero-order valence-electron chi connectivity index (χ0n) is 50.8. The van der Waals surface area contributed by atoms with Crippen LogP contribution in [0.15, 0.2) is 328 Å². The molecule has 0 saturated carbocycles. The van der Waals surface area contributed by atoms with E-state index >= 15 is 0 Å². The molecule has 0 aliphatic carbocycles. The molecule has 3 aromatic heterocycles. The van der Waals surface area contributed by atoms with Gasteiger partial charge in [0.15, 0.2) is 34.9 Å². The number of hydrogen-bond donors (Lipinski definition) is 0. The lowest BCUT2D eigenvalue weighted by Crippen LogP contribution is -2.58. The summed E-state index contributed by atoms with van der Waals surface area (Å²) in [6.07, 6.45) is 0. The lowest BCUT2D eigenvalue weighted by molar-refractivity contribution is 1.07. The minimum Gasteiger partial charge on any atom is -0.309 e. The molecule has 0 N–H and O–H groups in total. The van der Waals surface area contributed by atoms with Gasteiger partial charge in [-0.05, 0) is 106 Å². The average Bonchev–Trinajstić information content (AvgIpc) is 0.794. The van der Waals surface area contributed by atoms with Crippen LogP contribution < -0.4 is 26.2 Å². The van der Waals surface area contributed by atoms with E-state index in [1.807, 2.05) is 97.1 Å². The number of fused-ring (bicyclic) bond motifs is 7. The van der Waals surface area contributed by atoms with E-state index in [4.69, 9.17) is 29.9 Å². The number of aromatic nitrogens is 7. The van der Waals surface area contributed by atoms with Crippen LogP contribution in [0.4, 0.5) is 34.1 Å². The maximum Gasteiger partial charge on any atom is 0.246 e. The summed E-state index contributed by atoms with van der Waals surface area (Å²) in [5.41, 5.74) is 23.3. The van der Waals surface area contributed by atoms with Crippen molar-refractivity contribution in [2.75, 3.05) is 9.80 Å². The number of nitrogens with zero attached hydrogens (tertiary/aromatic N) is 9. The van der Waals surface area contributed by atoms with Crippen LogP contribution in [0.2, 0.25) is 0 Å². The van der Waals surface area contributed by atoms with E-state index in [1.165, 1.54) is 27.8 Å². The van der Waals surface area contributed by atoms with E-state index < -0.39 is 0 Å². The molecule has 13 aromatic carbocycles. The van der Waals surface area contributed by atoms with Gasteiger partial charge in [0.1, 0.15) is 0 Å². The Balaban J connectivity index is 0.834. The Morgan fingerprint density at radius 3 is 1.23 bits per heavy atom. The Bertz CT molecular complexity index is 5330. The van der Waals surface area contributed by atoms with Gasteiger partial charge in [-0.2, -0.15) is 0 Å². The fourth-order valence-corrected chi connectivity index (χ4v) is 13.9. The molecule has 0 bridgehead atoms. The van der Waals surface area contributed by atoms with Crippen LogP contribution in [0.25, 0.3) is 118 Å². The summed E-state index contributed by atoms with van der Waals surface area (Å²) in [6.45, 7) is -0.0342. The molecule has 0 fully saturated rings. The number of rotatable bonds is 11. The van der Waals surface area contributed by atoms with Crippen molar-refractivity contribution in [3.63, 3.8) is 0 Å². The quantitative estimate of drug-likeness (QED) is 0.118. The molecule has 5 heterocycles. The zero-order valence-corrected chi connectivity index (χ0v) is 50.8. The fourth-order valence-electron chi connectivity index (χ4n) is 13.9. The number of benzene rings is 13. The molecule has 0 atom stereocenters. The van der Waals surface area contributed by atoms with E-state index in [2.05, 4.69) is 245 Å². The fraction of sp³-hybridized carbons (Fsp3) is 0. The maximum atomic E-state index is 5.26. The Labute approximate surface area is 544 Å². The lowest BCUT2D eigenvalue weighted by Gasteiger charge is -2.46. The van der Waals surface area contributed by atoms with Gasteiger partial charge in [0.25, 0.3) is 0 Å².